The summed E-state index contributed by atoms with van der Waals surface area (Å²) in [4.78, 5) is 17.6. The highest BCUT2D eigenvalue weighted by atomic mass is 32.1. The maximum Gasteiger partial charge on any atom is 0.303 e. The second-order valence-electron chi connectivity index (χ2n) is 5.25. The van der Waals surface area contributed by atoms with Crippen molar-refractivity contribution >= 4 is 28.1 Å². The van der Waals surface area contributed by atoms with Crippen molar-refractivity contribution in [2.24, 2.45) is 0 Å². The minimum atomic E-state index is -0.773. The number of hydrogen-bond acceptors (Lipinski definition) is 4. The van der Waals surface area contributed by atoms with Crippen molar-refractivity contribution in [2.45, 2.75) is 32.1 Å². The van der Waals surface area contributed by atoms with Gasteiger partial charge in [-0.3, -0.25) is 4.79 Å². The van der Waals surface area contributed by atoms with Crippen molar-refractivity contribution in [1.82, 2.24) is 4.98 Å². The van der Waals surface area contributed by atoms with Crippen molar-refractivity contribution in [3.8, 4) is 0 Å². The van der Waals surface area contributed by atoms with Crippen LogP contribution in [0.1, 0.15) is 30.5 Å². The Morgan fingerprint density at radius 3 is 3.05 bits per heavy atom. The highest BCUT2D eigenvalue weighted by Crippen LogP contribution is 2.34. The van der Waals surface area contributed by atoms with Crippen molar-refractivity contribution in [3.05, 3.63) is 40.9 Å². The molecular weight excluding hydrogens is 284 g/mol. The topological polar surface area (TPSA) is 53.4 Å². The lowest BCUT2D eigenvalue weighted by molar-refractivity contribution is -0.136. The predicted molar refractivity (Wildman–Crippen MR) is 84.5 cm³/mol. The molecule has 110 valence electrons. The van der Waals surface area contributed by atoms with E-state index in [-0.39, 0.29) is 6.42 Å². The van der Waals surface area contributed by atoms with Crippen LogP contribution in [0.15, 0.2) is 29.6 Å². The smallest absolute Gasteiger partial charge is 0.303 e. The van der Waals surface area contributed by atoms with Gasteiger partial charge in [-0.05, 0) is 30.9 Å². The van der Waals surface area contributed by atoms with Gasteiger partial charge >= 0.3 is 5.97 Å². The van der Waals surface area contributed by atoms with E-state index in [1.165, 1.54) is 17.7 Å². The first kappa shape index (κ1) is 14.1. The van der Waals surface area contributed by atoms with Crippen LogP contribution in [0, 0.1) is 0 Å². The number of benzene rings is 1. The number of hydrogen-bond donors (Lipinski definition) is 1. The van der Waals surface area contributed by atoms with E-state index in [0.717, 1.165) is 30.2 Å². The monoisotopic (exact) mass is 302 g/mol. The van der Waals surface area contributed by atoms with Crippen LogP contribution in [0.4, 0.5) is 10.8 Å². The number of anilines is 2. The lowest BCUT2D eigenvalue weighted by Gasteiger charge is -2.21. The minimum absolute atomic E-state index is 0.139. The SMILES string of the molecule is O=C(O)CCc1csc(N2CCCCc3ccccc32)n1. The lowest BCUT2D eigenvalue weighted by atomic mass is 10.1. The zero-order valence-corrected chi connectivity index (χ0v) is 12.6. The molecule has 0 fully saturated rings. The largest absolute Gasteiger partial charge is 0.481 e. The number of fused-ring (bicyclic) bond motifs is 1. The second-order valence-corrected chi connectivity index (χ2v) is 6.09. The Bertz CT molecular complexity index is 639. The zero-order valence-electron chi connectivity index (χ0n) is 11.8. The summed E-state index contributed by atoms with van der Waals surface area (Å²) in [6.45, 7) is 0.975. The Morgan fingerprint density at radius 2 is 2.19 bits per heavy atom. The van der Waals surface area contributed by atoms with Gasteiger partial charge in [0.1, 0.15) is 0 Å². The molecule has 21 heavy (non-hydrogen) atoms. The molecule has 0 amide bonds. The van der Waals surface area contributed by atoms with Crippen LogP contribution in [0.3, 0.4) is 0 Å². The molecule has 0 radical (unpaired) electrons. The first-order valence-electron chi connectivity index (χ1n) is 7.25. The highest BCUT2D eigenvalue weighted by molar-refractivity contribution is 7.13. The highest BCUT2D eigenvalue weighted by Gasteiger charge is 2.19. The van der Waals surface area contributed by atoms with Gasteiger partial charge in [0.25, 0.3) is 0 Å². The van der Waals surface area contributed by atoms with Gasteiger partial charge in [0.05, 0.1) is 12.1 Å². The molecule has 5 heteroatoms. The molecule has 1 aliphatic heterocycles. The Morgan fingerprint density at radius 1 is 1.33 bits per heavy atom. The van der Waals surface area contributed by atoms with Crippen molar-refractivity contribution in [3.63, 3.8) is 0 Å². The molecule has 2 aromatic rings. The van der Waals surface area contributed by atoms with Crippen LogP contribution in [0.5, 0.6) is 0 Å². The minimum Gasteiger partial charge on any atom is -0.481 e. The van der Waals surface area contributed by atoms with Crippen LogP contribution in [0.2, 0.25) is 0 Å². The molecule has 1 N–H and O–H groups in total. The molecule has 1 aromatic heterocycles. The summed E-state index contributed by atoms with van der Waals surface area (Å²) < 4.78 is 0. The molecule has 1 aromatic carbocycles. The molecule has 2 heterocycles. The van der Waals surface area contributed by atoms with Gasteiger partial charge in [0.2, 0.25) is 0 Å². The van der Waals surface area contributed by atoms with Crippen molar-refractivity contribution < 1.29 is 9.90 Å². The van der Waals surface area contributed by atoms with E-state index in [9.17, 15) is 4.79 Å². The fourth-order valence-electron chi connectivity index (χ4n) is 2.66. The third-order valence-corrected chi connectivity index (χ3v) is 4.64. The van der Waals surface area contributed by atoms with E-state index in [4.69, 9.17) is 5.11 Å². The molecule has 0 unspecified atom stereocenters. The van der Waals surface area contributed by atoms with Crippen LogP contribution < -0.4 is 4.90 Å². The van der Waals surface area contributed by atoms with Gasteiger partial charge in [-0.15, -0.1) is 11.3 Å². The molecule has 0 aliphatic carbocycles. The summed E-state index contributed by atoms with van der Waals surface area (Å²) in [5.74, 6) is -0.773. The van der Waals surface area contributed by atoms with Gasteiger partial charge in [-0.2, -0.15) is 0 Å². The third-order valence-electron chi connectivity index (χ3n) is 3.73. The maximum atomic E-state index is 10.7. The van der Waals surface area contributed by atoms with Crippen molar-refractivity contribution in [2.75, 3.05) is 11.4 Å². The third kappa shape index (κ3) is 3.24. The molecule has 0 saturated heterocycles. The van der Waals surface area contributed by atoms with Gasteiger partial charge in [0.15, 0.2) is 5.13 Å². The number of para-hydroxylation sites is 1. The van der Waals surface area contributed by atoms with Gasteiger partial charge < -0.3 is 10.0 Å². The Labute approximate surface area is 128 Å². The first-order valence-corrected chi connectivity index (χ1v) is 8.13. The van der Waals surface area contributed by atoms with Crippen LogP contribution in [-0.2, 0) is 17.6 Å². The average Bonchev–Trinajstić information content (AvgIpc) is 2.84. The molecule has 0 saturated carbocycles. The summed E-state index contributed by atoms with van der Waals surface area (Å²) in [6.07, 6.45) is 4.11. The molecule has 0 bridgehead atoms. The number of carboxylic acid groups (broad SMARTS) is 1. The Kier molecular flexibility index (Phi) is 4.20. The molecule has 4 nitrogen and oxygen atoms in total. The quantitative estimate of drug-likeness (QED) is 0.937. The number of nitrogens with zero attached hydrogens (tertiary/aromatic N) is 2. The van der Waals surface area contributed by atoms with Crippen LogP contribution in [-0.4, -0.2) is 22.6 Å². The van der Waals surface area contributed by atoms with E-state index >= 15 is 0 Å². The number of carbonyl (C=O) groups is 1. The first-order chi connectivity index (χ1) is 10.2. The van der Waals surface area contributed by atoms with Crippen LogP contribution in [0.25, 0.3) is 0 Å². The summed E-state index contributed by atoms with van der Waals surface area (Å²) in [5, 5.41) is 11.7. The number of carboxylic acids is 1. The number of aliphatic carboxylic acids is 1. The van der Waals surface area contributed by atoms with Crippen LogP contribution >= 0.6 is 11.3 Å². The van der Waals surface area contributed by atoms with Gasteiger partial charge in [-0.1, -0.05) is 18.2 Å². The van der Waals surface area contributed by atoms with Gasteiger partial charge in [0, 0.05) is 24.0 Å². The van der Waals surface area contributed by atoms with E-state index in [0.29, 0.717) is 6.42 Å². The number of thiazole rings is 1. The van der Waals surface area contributed by atoms with Gasteiger partial charge in [-0.25, -0.2) is 4.98 Å². The Balaban J connectivity index is 1.84. The van der Waals surface area contributed by atoms with E-state index in [1.54, 1.807) is 11.3 Å². The fourth-order valence-corrected chi connectivity index (χ4v) is 3.56. The molecule has 1 aliphatic rings. The Hall–Kier alpha value is -1.88. The van der Waals surface area contributed by atoms with E-state index in [2.05, 4.69) is 34.1 Å². The summed E-state index contributed by atoms with van der Waals surface area (Å²) >= 11 is 1.60. The normalized spacial score (nSPS) is 14.6. The molecule has 0 spiro atoms. The lowest BCUT2D eigenvalue weighted by Crippen LogP contribution is -2.17. The maximum absolute atomic E-state index is 10.7. The van der Waals surface area contributed by atoms with E-state index in [1.807, 2.05) is 5.38 Å². The summed E-state index contributed by atoms with van der Waals surface area (Å²) in [7, 11) is 0. The average molecular weight is 302 g/mol. The zero-order chi connectivity index (χ0) is 14.7. The second kappa shape index (κ2) is 6.26. The van der Waals surface area contributed by atoms with Crippen molar-refractivity contribution in [1.29, 1.82) is 0 Å². The molecular formula is C16H18N2O2S. The number of rotatable bonds is 4. The molecule has 3 rings (SSSR count). The fraction of sp³-hybridized carbons (Fsp3) is 0.375. The molecule has 0 atom stereocenters. The standard InChI is InChI=1S/C16H18N2O2S/c19-15(20)9-8-13-11-21-16(17-13)18-10-4-3-6-12-5-1-2-7-14(12)18/h1-2,5,7,11H,3-4,6,8-10H2,(H,19,20). The van der Waals surface area contributed by atoms with E-state index < -0.39 is 5.97 Å². The number of aryl methyl sites for hydroxylation is 2. The summed E-state index contributed by atoms with van der Waals surface area (Å²) in [5.41, 5.74) is 3.49. The summed E-state index contributed by atoms with van der Waals surface area (Å²) in [6, 6.07) is 8.49. The predicted octanol–water partition coefficient (Wildman–Crippen LogP) is 3.63. The number of aromatic nitrogens is 1.